The lowest BCUT2D eigenvalue weighted by atomic mass is 9.96. The van der Waals surface area contributed by atoms with Crippen molar-refractivity contribution in [2.45, 2.75) is 39.2 Å². The summed E-state index contributed by atoms with van der Waals surface area (Å²) >= 11 is 0. The molecule has 1 amide bonds. The van der Waals surface area contributed by atoms with Crippen LogP contribution in [0.5, 0.6) is 0 Å². The first-order valence-corrected chi connectivity index (χ1v) is 8.70. The summed E-state index contributed by atoms with van der Waals surface area (Å²) in [4.78, 5) is 36.0. The summed E-state index contributed by atoms with van der Waals surface area (Å²) in [6.07, 6.45) is 6.18. The van der Waals surface area contributed by atoms with Crippen LogP contribution in [0.4, 0.5) is 4.79 Å². The SMILES string of the molecule is CN(CC(=O)c1cnccn1)CC1CCN(C(=O)OC(C)(C)C)CC1. The lowest BCUT2D eigenvalue weighted by Gasteiger charge is -2.34. The number of likely N-dealkylation sites (tertiary alicyclic amines) is 1. The maximum Gasteiger partial charge on any atom is 0.410 e. The van der Waals surface area contributed by atoms with Crippen LogP contribution in [0, 0.1) is 5.92 Å². The van der Waals surface area contributed by atoms with Gasteiger partial charge >= 0.3 is 6.09 Å². The van der Waals surface area contributed by atoms with Gasteiger partial charge in [0.2, 0.25) is 0 Å². The van der Waals surface area contributed by atoms with Crippen molar-refractivity contribution in [1.82, 2.24) is 19.8 Å². The fourth-order valence-corrected chi connectivity index (χ4v) is 2.90. The highest BCUT2D eigenvalue weighted by atomic mass is 16.6. The maximum atomic E-state index is 12.2. The molecule has 0 aliphatic carbocycles. The number of likely N-dealkylation sites (N-methyl/N-ethyl adjacent to an activating group) is 1. The van der Waals surface area contributed by atoms with Crippen LogP contribution in [0.1, 0.15) is 44.1 Å². The Morgan fingerprint density at radius 3 is 2.52 bits per heavy atom. The second-order valence-electron chi connectivity index (χ2n) is 7.62. The fourth-order valence-electron chi connectivity index (χ4n) is 2.90. The van der Waals surface area contributed by atoms with Crippen LogP contribution in [0.2, 0.25) is 0 Å². The zero-order chi connectivity index (χ0) is 18.4. The van der Waals surface area contributed by atoms with E-state index in [1.807, 2.05) is 32.7 Å². The molecule has 7 heteroatoms. The van der Waals surface area contributed by atoms with Gasteiger partial charge in [-0.2, -0.15) is 0 Å². The van der Waals surface area contributed by atoms with Crippen LogP contribution in [0.3, 0.4) is 0 Å². The molecule has 1 aliphatic rings. The van der Waals surface area contributed by atoms with Gasteiger partial charge in [0.15, 0.2) is 5.78 Å². The molecule has 25 heavy (non-hydrogen) atoms. The highest BCUT2D eigenvalue weighted by Gasteiger charge is 2.27. The summed E-state index contributed by atoms with van der Waals surface area (Å²) in [5.41, 5.74) is -0.0661. The average Bonchev–Trinajstić information content (AvgIpc) is 2.54. The third kappa shape index (κ3) is 6.42. The maximum absolute atomic E-state index is 12.2. The lowest BCUT2D eigenvalue weighted by molar-refractivity contribution is 0.0174. The Balaban J connectivity index is 1.74. The molecule has 2 heterocycles. The van der Waals surface area contributed by atoms with Crippen molar-refractivity contribution < 1.29 is 14.3 Å². The Bertz CT molecular complexity index is 578. The molecule has 138 valence electrons. The van der Waals surface area contributed by atoms with E-state index in [1.54, 1.807) is 11.1 Å². The van der Waals surface area contributed by atoms with Crippen LogP contribution in [-0.4, -0.2) is 70.5 Å². The van der Waals surface area contributed by atoms with E-state index in [0.717, 1.165) is 19.4 Å². The first-order valence-electron chi connectivity index (χ1n) is 8.70. The van der Waals surface area contributed by atoms with Crippen molar-refractivity contribution >= 4 is 11.9 Å². The minimum atomic E-state index is -0.463. The van der Waals surface area contributed by atoms with Crippen LogP contribution in [0.15, 0.2) is 18.6 Å². The van der Waals surface area contributed by atoms with E-state index in [1.165, 1.54) is 12.4 Å². The van der Waals surface area contributed by atoms with Gasteiger partial charge in [-0.1, -0.05) is 0 Å². The number of piperidine rings is 1. The third-order valence-corrected chi connectivity index (χ3v) is 4.10. The molecule has 1 aromatic heterocycles. The van der Waals surface area contributed by atoms with E-state index in [9.17, 15) is 9.59 Å². The van der Waals surface area contributed by atoms with Crippen LogP contribution in [0.25, 0.3) is 0 Å². The van der Waals surface area contributed by atoms with E-state index >= 15 is 0 Å². The van der Waals surface area contributed by atoms with E-state index < -0.39 is 5.60 Å². The number of rotatable bonds is 5. The zero-order valence-corrected chi connectivity index (χ0v) is 15.6. The predicted octanol–water partition coefficient (Wildman–Crippen LogP) is 2.24. The summed E-state index contributed by atoms with van der Waals surface area (Å²) in [5.74, 6) is 0.445. The average molecular weight is 348 g/mol. The summed E-state index contributed by atoms with van der Waals surface area (Å²) in [6.45, 7) is 8.18. The summed E-state index contributed by atoms with van der Waals surface area (Å²) in [6, 6.07) is 0. The molecule has 1 fully saturated rings. The molecule has 0 radical (unpaired) electrons. The van der Waals surface area contributed by atoms with Gasteiger partial charge in [-0.05, 0) is 46.6 Å². The number of carbonyl (C=O) groups excluding carboxylic acids is 2. The van der Waals surface area contributed by atoms with E-state index in [4.69, 9.17) is 4.74 Å². The van der Waals surface area contributed by atoms with Crippen molar-refractivity contribution in [3.8, 4) is 0 Å². The molecule has 0 atom stereocenters. The lowest BCUT2D eigenvalue weighted by Crippen LogP contribution is -2.43. The number of carbonyl (C=O) groups is 2. The number of ether oxygens (including phenoxy) is 1. The molecule has 0 aromatic carbocycles. The predicted molar refractivity (Wildman–Crippen MR) is 94.4 cm³/mol. The number of aromatic nitrogens is 2. The monoisotopic (exact) mass is 348 g/mol. The van der Waals surface area contributed by atoms with Crippen molar-refractivity contribution in [2.24, 2.45) is 5.92 Å². The largest absolute Gasteiger partial charge is 0.444 e. The molecular formula is C18H28N4O3. The number of hydrogen-bond donors (Lipinski definition) is 0. The van der Waals surface area contributed by atoms with Crippen LogP contribution >= 0.6 is 0 Å². The molecule has 0 saturated carbocycles. The molecule has 1 saturated heterocycles. The Labute approximate surface area is 149 Å². The van der Waals surface area contributed by atoms with Gasteiger partial charge in [-0.15, -0.1) is 0 Å². The molecule has 1 aliphatic heterocycles. The number of amides is 1. The van der Waals surface area contributed by atoms with Crippen molar-refractivity contribution in [1.29, 1.82) is 0 Å². The minimum Gasteiger partial charge on any atom is -0.444 e. The van der Waals surface area contributed by atoms with Gasteiger partial charge in [-0.3, -0.25) is 14.7 Å². The van der Waals surface area contributed by atoms with Crippen molar-refractivity contribution in [3.63, 3.8) is 0 Å². The minimum absolute atomic E-state index is 0.0261. The quantitative estimate of drug-likeness (QED) is 0.760. The Morgan fingerprint density at radius 2 is 1.96 bits per heavy atom. The van der Waals surface area contributed by atoms with Gasteiger partial charge in [0, 0.05) is 32.0 Å². The second kappa shape index (κ2) is 8.38. The zero-order valence-electron chi connectivity index (χ0n) is 15.6. The van der Waals surface area contributed by atoms with E-state index in [0.29, 0.717) is 31.2 Å². The molecule has 1 aromatic rings. The molecule has 2 rings (SSSR count). The highest BCUT2D eigenvalue weighted by Crippen LogP contribution is 2.20. The summed E-state index contributed by atoms with van der Waals surface area (Å²) < 4.78 is 5.41. The third-order valence-electron chi connectivity index (χ3n) is 4.10. The number of ketones is 1. The summed E-state index contributed by atoms with van der Waals surface area (Å²) in [5, 5.41) is 0. The molecule has 0 unspecified atom stereocenters. The fraction of sp³-hybridized carbons (Fsp3) is 0.667. The van der Waals surface area contributed by atoms with Crippen molar-refractivity contribution in [3.05, 3.63) is 24.3 Å². The van der Waals surface area contributed by atoms with Crippen LogP contribution in [-0.2, 0) is 4.74 Å². The topological polar surface area (TPSA) is 75.6 Å². The Morgan fingerprint density at radius 1 is 1.28 bits per heavy atom. The normalized spacial score (nSPS) is 16.1. The standard InChI is InChI=1S/C18H28N4O3/c1-18(2,3)25-17(24)22-9-5-14(6-10-22)12-21(4)13-16(23)15-11-19-7-8-20-15/h7-8,11,14H,5-6,9-10,12-13H2,1-4H3. The molecule has 0 bridgehead atoms. The first-order chi connectivity index (χ1) is 11.7. The second-order valence-corrected chi connectivity index (χ2v) is 7.62. The van der Waals surface area contributed by atoms with Gasteiger partial charge in [-0.25, -0.2) is 9.78 Å². The first kappa shape index (κ1) is 19.3. The number of Topliss-reactive ketones (excluding diaryl/α,β-unsaturated/α-hetero) is 1. The number of nitrogens with zero attached hydrogens (tertiary/aromatic N) is 4. The Hall–Kier alpha value is -2.02. The van der Waals surface area contributed by atoms with E-state index in [2.05, 4.69) is 9.97 Å². The Kier molecular flexibility index (Phi) is 6.47. The number of hydrogen-bond acceptors (Lipinski definition) is 6. The summed E-state index contributed by atoms with van der Waals surface area (Å²) in [7, 11) is 1.94. The van der Waals surface area contributed by atoms with E-state index in [-0.39, 0.29) is 11.9 Å². The molecular weight excluding hydrogens is 320 g/mol. The van der Waals surface area contributed by atoms with Gasteiger partial charge in [0.25, 0.3) is 0 Å². The van der Waals surface area contributed by atoms with Gasteiger partial charge in [0.05, 0.1) is 12.7 Å². The molecule has 7 nitrogen and oxygen atoms in total. The molecule has 0 spiro atoms. The van der Waals surface area contributed by atoms with Crippen molar-refractivity contribution in [2.75, 3.05) is 33.2 Å². The van der Waals surface area contributed by atoms with Gasteiger partial charge < -0.3 is 9.64 Å². The smallest absolute Gasteiger partial charge is 0.410 e. The molecule has 0 N–H and O–H groups in total. The van der Waals surface area contributed by atoms with Crippen LogP contribution < -0.4 is 0 Å². The van der Waals surface area contributed by atoms with Gasteiger partial charge in [0.1, 0.15) is 11.3 Å². The highest BCUT2D eigenvalue weighted by molar-refractivity contribution is 5.95.